The van der Waals surface area contributed by atoms with Gasteiger partial charge in [0.2, 0.25) is 0 Å². The van der Waals surface area contributed by atoms with Gasteiger partial charge in [0, 0.05) is 6.08 Å². The molecule has 1 saturated carbocycles. The van der Waals surface area contributed by atoms with E-state index in [4.69, 9.17) is 14.2 Å². The fraction of sp³-hybridized carbons (Fsp3) is 0.607. The fourth-order valence-corrected chi connectivity index (χ4v) is 5.21. The van der Waals surface area contributed by atoms with Gasteiger partial charge in [0.15, 0.2) is 17.8 Å². The van der Waals surface area contributed by atoms with Crippen LogP contribution in [0.1, 0.15) is 46.1 Å². The molecule has 7 N–H and O–H groups in total. The van der Waals surface area contributed by atoms with Crippen molar-refractivity contribution in [3.8, 4) is 11.5 Å². The Kier molecular flexibility index (Phi) is 9.82. The average Bonchev–Trinajstić information content (AvgIpc) is 2.86. The van der Waals surface area contributed by atoms with Crippen LogP contribution in [-0.4, -0.2) is 96.8 Å². The molecule has 0 spiro atoms. The van der Waals surface area contributed by atoms with Crippen molar-refractivity contribution < 1.29 is 54.8 Å². The zero-order chi connectivity index (χ0) is 29.1. The molecule has 0 aromatic heterocycles. The van der Waals surface area contributed by atoms with E-state index in [1.807, 2.05) is 20.8 Å². The van der Waals surface area contributed by atoms with Gasteiger partial charge in [-0.25, -0.2) is 4.79 Å². The Morgan fingerprint density at radius 1 is 1.13 bits per heavy atom. The highest BCUT2D eigenvalue weighted by Crippen LogP contribution is 2.48. The van der Waals surface area contributed by atoms with Crippen molar-refractivity contribution in [2.75, 3.05) is 6.61 Å². The summed E-state index contributed by atoms with van der Waals surface area (Å²) >= 11 is 0. The monoisotopic (exact) mass is 552 g/mol. The van der Waals surface area contributed by atoms with Crippen LogP contribution in [0.4, 0.5) is 0 Å². The normalized spacial score (nSPS) is 35.8. The van der Waals surface area contributed by atoms with Gasteiger partial charge in [-0.1, -0.05) is 39.0 Å². The zero-order valence-corrected chi connectivity index (χ0v) is 22.5. The minimum atomic E-state index is -1.64. The Balaban J connectivity index is 1.60. The number of aromatic hydroxyl groups is 2. The van der Waals surface area contributed by atoms with Gasteiger partial charge in [-0.3, -0.25) is 0 Å². The summed E-state index contributed by atoms with van der Waals surface area (Å²) in [5.41, 5.74) is -1.39. The number of phenols is 2. The molecule has 3 rings (SSSR count). The highest BCUT2D eigenvalue weighted by atomic mass is 16.7. The SMILES string of the molecule is C[C@H](/C=C/[C@@]1(O)[C@H](C)C[C@H](O)CC1(C)C)O[C@@H]1O[C@H](COC(=O)/C=C\c2ccc(O)c(O)c2)[C@@H](O)[C@H](O)[C@H]1O. The summed E-state index contributed by atoms with van der Waals surface area (Å²) in [4.78, 5) is 12.1. The lowest BCUT2D eigenvalue weighted by atomic mass is 9.60. The largest absolute Gasteiger partial charge is 0.504 e. The van der Waals surface area contributed by atoms with E-state index in [0.29, 0.717) is 18.4 Å². The molecule has 2 aliphatic rings. The van der Waals surface area contributed by atoms with Crippen LogP contribution in [0.25, 0.3) is 6.08 Å². The summed E-state index contributed by atoms with van der Waals surface area (Å²) in [5.74, 6) is -1.67. The summed E-state index contributed by atoms with van der Waals surface area (Å²) in [6.07, 6.45) is -2.00. The van der Waals surface area contributed by atoms with Gasteiger partial charge in [-0.15, -0.1) is 0 Å². The third-order valence-electron chi connectivity index (χ3n) is 7.65. The summed E-state index contributed by atoms with van der Waals surface area (Å²) < 4.78 is 16.5. The van der Waals surface area contributed by atoms with Crippen molar-refractivity contribution in [3.05, 3.63) is 42.0 Å². The number of hydrogen-bond acceptors (Lipinski definition) is 11. The van der Waals surface area contributed by atoms with E-state index >= 15 is 0 Å². The van der Waals surface area contributed by atoms with E-state index in [1.165, 1.54) is 24.3 Å². The van der Waals surface area contributed by atoms with Crippen molar-refractivity contribution in [2.24, 2.45) is 11.3 Å². The Morgan fingerprint density at radius 2 is 1.82 bits per heavy atom. The van der Waals surface area contributed by atoms with Gasteiger partial charge in [-0.05, 0) is 54.9 Å². The second-order valence-electron chi connectivity index (χ2n) is 11.1. The van der Waals surface area contributed by atoms with Crippen molar-refractivity contribution >= 4 is 12.0 Å². The van der Waals surface area contributed by atoms with E-state index in [9.17, 15) is 40.5 Å². The molecule has 1 saturated heterocycles. The number of rotatable bonds is 8. The Morgan fingerprint density at radius 3 is 2.46 bits per heavy atom. The van der Waals surface area contributed by atoms with Crippen LogP contribution in [0.15, 0.2) is 36.4 Å². The molecule has 1 heterocycles. The van der Waals surface area contributed by atoms with Crippen LogP contribution >= 0.6 is 0 Å². The Hall–Kier alpha value is -2.51. The fourth-order valence-electron chi connectivity index (χ4n) is 5.21. The van der Waals surface area contributed by atoms with Gasteiger partial charge in [0.25, 0.3) is 0 Å². The number of hydrogen-bond donors (Lipinski definition) is 7. The highest BCUT2D eigenvalue weighted by molar-refractivity contribution is 5.87. The van der Waals surface area contributed by atoms with Crippen molar-refractivity contribution in [1.29, 1.82) is 0 Å². The summed E-state index contributed by atoms with van der Waals surface area (Å²) in [7, 11) is 0. The Bertz CT molecular complexity index is 1050. The van der Waals surface area contributed by atoms with Crippen LogP contribution in [0.3, 0.4) is 0 Å². The first-order chi connectivity index (χ1) is 18.1. The number of phenolic OH excluding ortho intramolecular Hbond substituents is 2. The Labute approximate surface area is 227 Å². The molecule has 11 heteroatoms. The number of carbonyl (C=O) groups excluding carboxylic acids is 1. The standard InChI is InChI=1S/C28H40O11/c1-15-11-18(29)13-27(3,4)28(15,36)10-9-16(2)38-26-25(35)24(34)23(33)21(39-26)14-37-22(32)8-6-17-5-7-19(30)20(31)12-17/h5-10,12,15-16,18,21,23-26,29-31,33-36H,11,13-14H2,1-4H3/b8-6-,10-9+/t15-,16-,18+,21-,23-,24+,25-,26-,28-/m1/s1. The number of ether oxygens (including phenoxy) is 3. The number of carbonyl (C=O) groups is 1. The number of aliphatic hydroxyl groups is 5. The summed E-state index contributed by atoms with van der Waals surface area (Å²) in [5, 5.41) is 71.5. The first-order valence-corrected chi connectivity index (χ1v) is 13.0. The molecule has 1 aromatic rings. The smallest absolute Gasteiger partial charge is 0.330 e. The van der Waals surface area contributed by atoms with E-state index in [1.54, 1.807) is 19.1 Å². The quantitative estimate of drug-likeness (QED) is 0.105. The maximum Gasteiger partial charge on any atom is 0.330 e. The summed E-state index contributed by atoms with van der Waals surface area (Å²) in [6, 6.07) is 3.98. The molecule has 1 aliphatic carbocycles. The second-order valence-corrected chi connectivity index (χ2v) is 11.1. The van der Waals surface area contributed by atoms with Gasteiger partial charge in [-0.2, -0.15) is 0 Å². The molecule has 1 aliphatic heterocycles. The molecule has 0 unspecified atom stereocenters. The second kappa shape index (κ2) is 12.3. The van der Waals surface area contributed by atoms with Gasteiger partial charge in [0.05, 0.1) is 17.8 Å². The molecule has 0 radical (unpaired) electrons. The maximum absolute atomic E-state index is 12.1. The average molecular weight is 553 g/mol. The number of esters is 1. The predicted molar refractivity (Wildman–Crippen MR) is 139 cm³/mol. The molecule has 9 atom stereocenters. The first kappa shape index (κ1) is 31.0. The third-order valence-corrected chi connectivity index (χ3v) is 7.65. The van der Waals surface area contributed by atoms with Crippen LogP contribution < -0.4 is 0 Å². The van der Waals surface area contributed by atoms with Gasteiger partial charge >= 0.3 is 5.97 Å². The molecular formula is C28H40O11. The minimum Gasteiger partial charge on any atom is -0.504 e. The molecule has 39 heavy (non-hydrogen) atoms. The maximum atomic E-state index is 12.1. The topological polar surface area (TPSA) is 186 Å². The first-order valence-electron chi connectivity index (χ1n) is 13.0. The molecule has 0 bridgehead atoms. The predicted octanol–water partition coefficient (Wildman–Crippen LogP) is 0.971. The molecule has 218 valence electrons. The minimum absolute atomic E-state index is 0.221. The number of benzene rings is 1. The van der Waals surface area contributed by atoms with Gasteiger partial charge < -0.3 is 50.0 Å². The van der Waals surface area contributed by atoms with E-state index in [0.717, 1.165) is 6.08 Å². The van der Waals surface area contributed by atoms with E-state index < -0.39 is 66.5 Å². The van der Waals surface area contributed by atoms with Crippen molar-refractivity contribution in [3.63, 3.8) is 0 Å². The third kappa shape index (κ3) is 7.17. The molecule has 0 amide bonds. The van der Waals surface area contributed by atoms with Crippen LogP contribution in [0.2, 0.25) is 0 Å². The van der Waals surface area contributed by atoms with E-state index in [2.05, 4.69) is 0 Å². The lowest BCUT2D eigenvalue weighted by Crippen LogP contribution is -2.59. The van der Waals surface area contributed by atoms with Crippen LogP contribution in [0, 0.1) is 11.3 Å². The zero-order valence-electron chi connectivity index (χ0n) is 22.5. The van der Waals surface area contributed by atoms with E-state index in [-0.39, 0.29) is 17.4 Å². The van der Waals surface area contributed by atoms with Gasteiger partial charge in [0.1, 0.15) is 31.0 Å². The highest BCUT2D eigenvalue weighted by Gasteiger charge is 2.50. The van der Waals surface area contributed by atoms with Crippen LogP contribution in [0.5, 0.6) is 11.5 Å². The summed E-state index contributed by atoms with van der Waals surface area (Å²) in [6.45, 7) is 6.82. The molecule has 11 nitrogen and oxygen atoms in total. The lowest BCUT2D eigenvalue weighted by molar-refractivity contribution is -0.306. The molecule has 2 fully saturated rings. The molecule has 1 aromatic carbocycles. The molecular weight excluding hydrogens is 512 g/mol. The van der Waals surface area contributed by atoms with Crippen molar-refractivity contribution in [1.82, 2.24) is 0 Å². The van der Waals surface area contributed by atoms with Crippen molar-refractivity contribution in [2.45, 2.75) is 89.1 Å². The van der Waals surface area contributed by atoms with Crippen LogP contribution in [-0.2, 0) is 19.0 Å². The lowest BCUT2D eigenvalue weighted by Gasteiger charge is -2.50. The number of aliphatic hydroxyl groups excluding tert-OH is 4.